The molecule has 0 saturated carbocycles. The fourth-order valence-corrected chi connectivity index (χ4v) is 2.87. The van der Waals surface area contributed by atoms with Crippen molar-refractivity contribution in [2.75, 3.05) is 4.90 Å². The number of anilines is 1. The van der Waals surface area contributed by atoms with E-state index in [-0.39, 0.29) is 4.90 Å². The first-order valence-electron chi connectivity index (χ1n) is 6.41. The summed E-state index contributed by atoms with van der Waals surface area (Å²) in [4.78, 5) is 1.82. The van der Waals surface area contributed by atoms with Gasteiger partial charge in [-0.05, 0) is 36.8 Å². The minimum absolute atomic E-state index is 0.0558. The van der Waals surface area contributed by atoms with Gasteiger partial charge in [0.2, 0.25) is 0 Å². The van der Waals surface area contributed by atoms with Gasteiger partial charge in [0, 0.05) is 22.9 Å². The van der Waals surface area contributed by atoms with Gasteiger partial charge >= 0.3 is 0 Å². The number of aliphatic hydroxyl groups is 1. The van der Waals surface area contributed by atoms with Crippen LogP contribution in [-0.2, 0) is 15.6 Å². The Hall–Kier alpha value is -1.56. The molecule has 0 amide bonds. The van der Waals surface area contributed by atoms with Crippen molar-refractivity contribution in [3.05, 3.63) is 60.2 Å². The van der Waals surface area contributed by atoms with Crippen LogP contribution in [0.2, 0.25) is 0 Å². The van der Waals surface area contributed by atoms with Gasteiger partial charge in [0.15, 0.2) is 0 Å². The van der Waals surface area contributed by atoms with Crippen molar-refractivity contribution in [2.45, 2.75) is 24.6 Å². The molecule has 1 atom stereocenters. The number of para-hydroxylation sites is 1. The van der Waals surface area contributed by atoms with Crippen LogP contribution >= 0.6 is 10.7 Å². The SMILES string of the molecule is CC(O)N(Cc1cccc(S(=O)(=O)Cl)c1)c1ccccc1. The molecule has 112 valence electrons. The average molecular weight is 326 g/mol. The molecule has 0 aliphatic rings. The summed E-state index contributed by atoms with van der Waals surface area (Å²) in [7, 11) is 1.60. The van der Waals surface area contributed by atoms with Crippen molar-refractivity contribution in [3.8, 4) is 0 Å². The van der Waals surface area contributed by atoms with Crippen LogP contribution in [0.1, 0.15) is 12.5 Å². The zero-order valence-electron chi connectivity index (χ0n) is 11.5. The Morgan fingerprint density at radius 3 is 2.38 bits per heavy atom. The summed E-state index contributed by atoms with van der Waals surface area (Å²) in [5.41, 5.74) is 1.60. The molecule has 2 aromatic rings. The molecule has 21 heavy (non-hydrogen) atoms. The first kappa shape index (κ1) is 15.8. The van der Waals surface area contributed by atoms with Crippen molar-refractivity contribution in [1.29, 1.82) is 0 Å². The van der Waals surface area contributed by atoms with E-state index in [1.165, 1.54) is 12.1 Å². The van der Waals surface area contributed by atoms with Crippen molar-refractivity contribution in [2.24, 2.45) is 0 Å². The van der Waals surface area contributed by atoms with Crippen LogP contribution in [0.4, 0.5) is 5.69 Å². The summed E-state index contributed by atoms with van der Waals surface area (Å²) >= 11 is 0. The van der Waals surface area contributed by atoms with E-state index in [0.717, 1.165) is 11.3 Å². The molecule has 2 aromatic carbocycles. The number of benzene rings is 2. The van der Waals surface area contributed by atoms with Crippen LogP contribution in [0.5, 0.6) is 0 Å². The van der Waals surface area contributed by atoms with Gasteiger partial charge in [0.05, 0.1) is 4.90 Å². The number of hydrogen-bond acceptors (Lipinski definition) is 4. The van der Waals surface area contributed by atoms with E-state index in [9.17, 15) is 13.5 Å². The molecular weight excluding hydrogens is 310 g/mol. The minimum Gasteiger partial charge on any atom is -0.374 e. The highest BCUT2D eigenvalue weighted by atomic mass is 35.7. The first-order valence-corrected chi connectivity index (χ1v) is 8.72. The van der Waals surface area contributed by atoms with E-state index in [2.05, 4.69) is 0 Å². The summed E-state index contributed by atoms with van der Waals surface area (Å²) < 4.78 is 22.8. The van der Waals surface area contributed by atoms with Gasteiger partial charge in [-0.15, -0.1) is 0 Å². The Morgan fingerprint density at radius 1 is 1.14 bits per heavy atom. The number of halogens is 1. The fraction of sp³-hybridized carbons (Fsp3) is 0.200. The van der Waals surface area contributed by atoms with Crippen LogP contribution in [0, 0.1) is 0 Å². The van der Waals surface area contributed by atoms with E-state index >= 15 is 0 Å². The van der Waals surface area contributed by atoms with Crippen LogP contribution in [0.15, 0.2) is 59.5 Å². The number of aliphatic hydroxyl groups excluding tert-OH is 1. The van der Waals surface area contributed by atoms with Gasteiger partial charge in [-0.3, -0.25) is 0 Å². The molecule has 0 aliphatic carbocycles. The third-order valence-electron chi connectivity index (χ3n) is 3.07. The van der Waals surface area contributed by atoms with Crippen LogP contribution in [-0.4, -0.2) is 19.8 Å². The zero-order chi connectivity index (χ0) is 15.5. The van der Waals surface area contributed by atoms with Gasteiger partial charge in [-0.25, -0.2) is 8.42 Å². The summed E-state index contributed by atoms with van der Waals surface area (Å²) in [6.45, 7) is 2.04. The van der Waals surface area contributed by atoms with E-state index < -0.39 is 15.3 Å². The highest BCUT2D eigenvalue weighted by molar-refractivity contribution is 8.13. The smallest absolute Gasteiger partial charge is 0.261 e. The molecule has 1 unspecified atom stereocenters. The maximum atomic E-state index is 11.4. The second kappa shape index (κ2) is 6.47. The molecular formula is C15H16ClNO3S. The second-order valence-corrected chi connectivity index (χ2v) is 7.25. The Labute approximate surface area is 129 Å². The number of nitrogens with zero attached hydrogens (tertiary/aromatic N) is 1. The molecule has 0 saturated heterocycles. The average Bonchev–Trinajstić information content (AvgIpc) is 2.45. The summed E-state index contributed by atoms with van der Waals surface area (Å²) in [5.74, 6) is 0. The molecule has 0 radical (unpaired) electrons. The van der Waals surface area contributed by atoms with E-state index in [1.54, 1.807) is 24.0 Å². The molecule has 0 heterocycles. The molecule has 4 nitrogen and oxygen atoms in total. The monoisotopic (exact) mass is 325 g/mol. The normalized spacial score (nSPS) is 12.9. The summed E-state index contributed by atoms with van der Waals surface area (Å²) in [6, 6.07) is 15.8. The molecule has 2 rings (SSSR count). The van der Waals surface area contributed by atoms with E-state index in [0.29, 0.717) is 6.54 Å². The Balaban J connectivity index is 2.30. The lowest BCUT2D eigenvalue weighted by Gasteiger charge is -2.28. The predicted molar refractivity (Wildman–Crippen MR) is 83.8 cm³/mol. The third-order valence-corrected chi connectivity index (χ3v) is 4.42. The highest BCUT2D eigenvalue weighted by Gasteiger charge is 2.15. The Morgan fingerprint density at radius 2 is 1.81 bits per heavy atom. The standard InChI is InChI=1S/C15H16ClNO3S/c1-12(18)17(14-7-3-2-4-8-14)11-13-6-5-9-15(10-13)21(16,19)20/h2-10,12,18H,11H2,1H3. The van der Waals surface area contributed by atoms with Gasteiger partial charge in [-0.2, -0.15) is 0 Å². The summed E-state index contributed by atoms with van der Waals surface area (Å²) in [5, 5.41) is 9.94. The summed E-state index contributed by atoms with van der Waals surface area (Å²) in [6.07, 6.45) is -0.705. The van der Waals surface area contributed by atoms with Gasteiger partial charge in [-0.1, -0.05) is 30.3 Å². The molecule has 0 aliphatic heterocycles. The highest BCUT2D eigenvalue weighted by Crippen LogP contribution is 2.21. The molecule has 1 N–H and O–H groups in total. The molecule has 0 fully saturated rings. The number of rotatable bonds is 5. The Kier molecular flexibility index (Phi) is 4.88. The molecule has 0 aromatic heterocycles. The lowest BCUT2D eigenvalue weighted by Crippen LogP contribution is -2.32. The van der Waals surface area contributed by atoms with Gasteiger partial charge in [0.25, 0.3) is 9.05 Å². The minimum atomic E-state index is -3.75. The molecule has 0 spiro atoms. The number of hydrogen-bond donors (Lipinski definition) is 1. The maximum Gasteiger partial charge on any atom is 0.261 e. The van der Waals surface area contributed by atoms with E-state index in [4.69, 9.17) is 10.7 Å². The lowest BCUT2D eigenvalue weighted by atomic mass is 10.2. The van der Waals surface area contributed by atoms with Crippen LogP contribution < -0.4 is 4.90 Å². The van der Waals surface area contributed by atoms with Crippen molar-refractivity contribution in [1.82, 2.24) is 0 Å². The Bertz CT molecular complexity index is 702. The fourth-order valence-electron chi connectivity index (χ4n) is 2.05. The third kappa shape index (κ3) is 4.20. The largest absolute Gasteiger partial charge is 0.374 e. The van der Waals surface area contributed by atoms with E-state index in [1.807, 2.05) is 30.3 Å². The van der Waals surface area contributed by atoms with Crippen molar-refractivity contribution < 1.29 is 13.5 Å². The second-order valence-electron chi connectivity index (χ2n) is 4.68. The lowest BCUT2D eigenvalue weighted by molar-refractivity contribution is 0.186. The predicted octanol–water partition coefficient (Wildman–Crippen LogP) is 2.96. The van der Waals surface area contributed by atoms with Crippen LogP contribution in [0.3, 0.4) is 0 Å². The van der Waals surface area contributed by atoms with Crippen molar-refractivity contribution >= 4 is 25.4 Å². The van der Waals surface area contributed by atoms with Crippen molar-refractivity contribution in [3.63, 3.8) is 0 Å². The zero-order valence-corrected chi connectivity index (χ0v) is 13.1. The quantitative estimate of drug-likeness (QED) is 0.678. The van der Waals surface area contributed by atoms with Gasteiger partial charge in [0.1, 0.15) is 6.23 Å². The first-order chi connectivity index (χ1) is 9.88. The van der Waals surface area contributed by atoms with Crippen LogP contribution in [0.25, 0.3) is 0 Å². The van der Waals surface area contributed by atoms with Gasteiger partial charge < -0.3 is 10.0 Å². The topological polar surface area (TPSA) is 57.6 Å². The maximum absolute atomic E-state index is 11.4. The molecule has 0 bridgehead atoms. The molecule has 6 heteroatoms.